The molecule has 2 aromatic rings. The second-order valence-electron chi connectivity index (χ2n) is 4.23. The molecule has 1 aromatic carbocycles. The van der Waals surface area contributed by atoms with E-state index in [1.807, 2.05) is 0 Å². The number of nitrogens with zero attached hydrogens (tertiary/aromatic N) is 2. The van der Waals surface area contributed by atoms with Gasteiger partial charge in [-0.3, -0.25) is 4.79 Å². The highest BCUT2D eigenvalue weighted by Gasteiger charge is 2.11. The molecule has 0 bridgehead atoms. The lowest BCUT2D eigenvalue weighted by Crippen LogP contribution is -2.21. The Hall–Kier alpha value is -2.31. The van der Waals surface area contributed by atoms with E-state index >= 15 is 0 Å². The molecule has 5 nitrogen and oxygen atoms in total. The van der Waals surface area contributed by atoms with Crippen molar-refractivity contribution in [3.8, 4) is 11.4 Å². The van der Waals surface area contributed by atoms with Crippen molar-refractivity contribution in [3.63, 3.8) is 0 Å². The second-order valence-corrected chi connectivity index (χ2v) is 4.23. The maximum absolute atomic E-state index is 13.1. The molecule has 0 aliphatic heterocycles. The van der Waals surface area contributed by atoms with Gasteiger partial charge in [0.2, 0.25) is 17.6 Å². The Morgan fingerprint density at radius 2 is 2.15 bits per heavy atom. The van der Waals surface area contributed by atoms with Crippen LogP contribution in [0.5, 0.6) is 0 Å². The number of benzene rings is 1. The van der Waals surface area contributed by atoms with Crippen molar-refractivity contribution in [2.75, 3.05) is 6.54 Å². The van der Waals surface area contributed by atoms with Crippen molar-refractivity contribution in [3.05, 3.63) is 35.7 Å². The van der Waals surface area contributed by atoms with Crippen molar-refractivity contribution in [2.45, 2.75) is 19.8 Å². The number of halogens is 2. The molecule has 0 spiro atoms. The smallest absolute Gasteiger partial charge is 0.227 e. The molecule has 0 saturated carbocycles. The molecule has 0 aliphatic rings. The van der Waals surface area contributed by atoms with E-state index in [9.17, 15) is 13.6 Å². The van der Waals surface area contributed by atoms with Crippen LogP contribution < -0.4 is 5.32 Å². The molecule has 0 radical (unpaired) electrons. The number of aryl methyl sites for hydroxylation is 1. The number of hydrogen-bond acceptors (Lipinski definition) is 4. The van der Waals surface area contributed by atoms with Gasteiger partial charge in [0.1, 0.15) is 0 Å². The van der Waals surface area contributed by atoms with Gasteiger partial charge in [-0.2, -0.15) is 4.98 Å². The third-order valence-electron chi connectivity index (χ3n) is 2.59. The Bertz CT molecular complexity index is 613. The fraction of sp³-hybridized carbons (Fsp3) is 0.308. The van der Waals surface area contributed by atoms with Gasteiger partial charge in [0, 0.05) is 25.5 Å². The minimum atomic E-state index is -0.959. The number of carbonyl (C=O) groups excluding carboxylic acids is 1. The van der Waals surface area contributed by atoms with Crippen LogP contribution in [0.2, 0.25) is 0 Å². The van der Waals surface area contributed by atoms with Crippen LogP contribution in [-0.4, -0.2) is 22.6 Å². The summed E-state index contributed by atoms with van der Waals surface area (Å²) in [5.41, 5.74) is 0.348. The monoisotopic (exact) mass is 281 g/mol. The zero-order valence-electron chi connectivity index (χ0n) is 10.8. The van der Waals surface area contributed by atoms with Gasteiger partial charge in [-0.1, -0.05) is 5.16 Å². The molecule has 106 valence electrons. The molecule has 20 heavy (non-hydrogen) atoms. The first kappa shape index (κ1) is 14.1. The van der Waals surface area contributed by atoms with Crippen molar-refractivity contribution < 1.29 is 18.1 Å². The highest BCUT2D eigenvalue weighted by molar-refractivity contribution is 5.72. The predicted octanol–water partition coefficient (Wildman–Crippen LogP) is 2.08. The first-order chi connectivity index (χ1) is 9.56. The predicted molar refractivity (Wildman–Crippen MR) is 66.7 cm³/mol. The average molecular weight is 281 g/mol. The van der Waals surface area contributed by atoms with Gasteiger partial charge in [-0.25, -0.2) is 8.78 Å². The van der Waals surface area contributed by atoms with E-state index in [0.29, 0.717) is 30.8 Å². The fourth-order valence-corrected chi connectivity index (χ4v) is 1.61. The molecular formula is C13H13F2N3O2. The first-order valence-corrected chi connectivity index (χ1v) is 6.08. The number of aromatic nitrogens is 2. The van der Waals surface area contributed by atoms with E-state index in [0.717, 1.165) is 12.1 Å². The number of rotatable bonds is 5. The quantitative estimate of drug-likeness (QED) is 0.852. The molecule has 0 atom stereocenters. The summed E-state index contributed by atoms with van der Waals surface area (Å²) in [7, 11) is 0. The number of hydrogen-bond donors (Lipinski definition) is 1. The lowest BCUT2D eigenvalue weighted by molar-refractivity contribution is -0.118. The maximum Gasteiger partial charge on any atom is 0.227 e. The normalized spacial score (nSPS) is 10.6. The first-order valence-electron chi connectivity index (χ1n) is 6.08. The molecule has 1 N–H and O–H groups in total. The van der Waals surface area contributed by atoms with Gasteiger partial charge in [0.15, 0.2) is 11.6 Å². The molecular weight excluding hydrogens is 268 g/mol. The van der Waals surface area contributed by atoms with Crippen LogP contribution in [0, 0.1) is 11.6 Å². The van der Waals surface area contributed by atoms with Crippen LogP contribution in [0.4, 0.5) is 8.78 Å². The van der Waals surface area contributed by atoms with Crippen LogP contribution in [0.25, 0.3) is 11.4 Å². The highest BCUT2D eigenvalue weighted by atomic mass is 19.2. The summed E-state index contributed by atoms with van der Waals surface area (Å²) in [5, 5.41) is 6.36. The zero-order chi connectivity index (χ0) is 14.5. The van der Waals surface area contributed by atoms with Crippen LogP contribution in [0.15, 0.2) is 22.7 Å². The van der Waals surface area contributed by atoms with E-state index in [2.05, 4.69) is 15.5 Å². The molecule has 1 aromatic heterocycles. The van der Waals surface area contributed by atoms with Crippen LogP contribution in [0.3, 0.4) is 0 Å². The zero-order valence-corrected chi connectivity index (χ0v) is 10.8. The molecule has 0 aliphatic carbocycles. The van der Waals surface area contributed by atoms with E-state index < -0.39 is 11.6 Å². The summed E-state index contributed by atoms with van der Waals surface area (Å²) < 4.78 is 30.9. The SMILES string of the molecule is CC(=O)NCCCc1nc(-c2ccc(F)c(F)c2)no1. The van der Waals surface area contributed by atoms with Gasteiger partial charge < -0.3 is 9.84 Å². The summed E-state index contributed by atoms with van der Waals surface area (Å²) >= 11 is 0. The third-order valence-corrected chi connectivity index (χ3v) is 2.59. The summed E-state index contributed by atoms with van der Waals surface area (Å²) in [4.78, 5) is 14.8. The molecule has 0 fully saturated rings. The fourth-order valence-electron chi connectivity index (χ4n) is 1.61. The molecule has 1 heterocycles. The van der Waals surface area contributed by atoms with Crippen LogP contribution >= 0.6 is 0 Å². The van der Waals surface area contributed by atoms with Crippen molar-refractivity contribution >= 4 is 5.91 Å². The Kier molecular flexibility index (Phi) is 4.39. The Labute approximate surface area is 114 Å². The Balaban J connectivity index is 1.97. The Morgan fingerprint density at radius 3 is 2.85 bits per heavy atom. The minimum absolute atomic E-state index is 0.0991. The molecule has 1 amide bonds. The van der Waals surface area contributed by atoms with Gasteiger partial charge in [0.25, 0.3) is 0 Å². The molecule has 2 rings (SSSR count). The number of carbonyl (C=O) groups is 1. The largest absolute Gasteiger partial charge is 0.356 e. The van der Waals surface area contributed by atoms with Crippen LogP contribution in [0.1, 0.15) is 19.2 Å². The van der Waals surface area contributed by atoms with E-state index in [1.54, 1.807) is 0 Å². The van der Waals surface area contributed by atoms with Crippen molar-refractivity contribution in [2.24, 2.45) is 0 Å². The van der Waals surface area contributed by atoms with Gasteiger partial charge in [0.05, 0.1) is 0 Å². The molecule has 0 unspecified atom stereocenters. The van der Waals surface area contributed by atoms with E-state index in [4.69, 9.17) is 4.52 Å². The maximum atomic E-state index is 13.1. The van der Waals surface area contributed by atoms with Crippen molar-refractivity contribution in [1.29, 1.82) is 0 Å². The van der Waals surface area contributed by atoms with Crippen molar-refractivity contribution in [1.82, 2.24) is 15.5 Å². The lowest BCUT2D eigenvalue weighted by Gasteiger charge is -1.98. The highest BCUT2D eigenvalue weighted by Crippen LogP contribution is 2.18. The number of nitrogens with one attached hydrogen (secondary N) is 1. The summed E-state index contributed by atoms with van der Waals surface area (Å²) in [6, 6.07) is 3.41. The van der Waals surface area contributed by atoms with E-state index in [-0.39, 0.29) is 11.7 Å². The van der Waals surface area contributed by atoms with Crippen LogP contribution in [-0.2, 0) is 11.2 Å². The molecule has 7 heteroatoms. The van der Waals surface area contributed by atoms with E-state index in [1.165, 1.54) is 13.0 Å². The van der Waals surface area contributed by atoms with Gasteiger partial charge in [-0.05, 0) is 24.6 Å². The summed E-state index contributed by atoms with van der Waals surface area (Å²) in [5.74, 6) is -1.39. The molecule has 0 saturated heterocycles. The summed E-state index contributed by atoms with van der Waals surface area (Å²) in [6.45, 7) is 1.95. The standard InChI is InChI=1S/C13H13F2N3O2/c1-8(19)16-6-2-3-12-17-13(18-20-12)9-4-5-10(14)11(15)7-9/h4-5,7H,2-3,6H2,1H3,(H,16,19). The Morgan fingerprint density at radius 1 is 1.35 bits per heavy atom. The average Bonchev–Trinajstić information content (AvgIpc) is 2.86. The second kappa shape index (κ2) is 6.23. The van der Waals surface area contributed by atoms with Gasteiger partial charge in [-0.15, -0.1) is 0 Å². The minimum Gasteiger partial charge on any atom is -0.356 e. The lowest BCUT2D eigenvalue weighted by atomic mass is 10.2. The number of amides is 1. The summed E-state index contributed by atoms with van der Waals surface area (Å²) in [6.07, 6.45) is 1.15. The third kappa shape index (κ3) is 3.59. The van der Waals surface area contributed by atoms with Gasteiger partial charge >= 0.3 is 0 Å². The topological polar surface area (TPSA) is 68.0 Å².